The van der Waals surface area contributed by atoms with Crippen molar-refractivity contribution in [2.75, 3.05) is 6.54 Å². The molecule has 0 amide bonds. The second kappa shape index (κ2) is 7.29. The predicted molar refractivity (Wildman–Crippen MR) is 71.8 cm³/mol. The lowest BCUT2D eigenvalue weighted by atomic mass is 10.1. The van der Waals surface area contributed by atoms with Crippen LogP contribution in [0, 0.1) is 5.92 Å². The maximum absolute atomic E-state index is 6.04. The van der Waals surface area contributed by atoms with Crippen molar-refractivity contribution < 1.29 is 4.74 Å². The minimum absolute atomic E-state index is 0.179. The van der Waals surface area contributed by atoms with E-state index in [2.05, 4.69) is 53.8 Å². The summed E-state index contributed by atoms with van der Waals surface area (Å²) in [6.45, 7) is 16.4. The first-order valence-corrected chi connectivity index (χ1v) is 6.65. The molecule has 0 rings (SSSR count). The minimum Gasteiger partial charge on any atom is -0.374 e. The van der Waals surface area contributed by atoms with E-state index < -0.39 is 0 Å². The second-order valence-electron chi connectivity index (χ2n) is 6.24. The molecule has 0 bridgehead atoms. The molecule has 0 spiro atoms. The lowest BCUT2D eigenvalue weighted by Crippen LogP contribution is -2.42. The first-order chi connectivity index (χ1) is 7.24. The molecule has 0 saturated heterocycles. The third-order valence-corrected chi connectivity index (χ3v) is 2.54. The van der Waals surface area contributed by atoms with Crippen LogP contribution in [0.2, 0.25) is 0 Å². The van der Waals surface area contributed by atoms with Gasteiger partial charge in [0, 0.05) is 12.1 Å². The molecule has 0 aliphatic carbocycles. The van der Waals surface area contributed by atoms with E-state index in [1.165, 1.54) is 0 Å². The molecular weight excluding hydrogens is 198 g/mol. The standard InChI is InChI=1S/C14H31NO/c1-8-13(10-15-14(5,6)7)16-12(4)9-11(2)3/h11-13,15H,8-10H2,1-7H3. The summed E-state index contributed by atoms with van der Waals surface area (Å²) in [5, 5.41) is 3.51. The maximum Gasteiger partial charge on any atom is 0.0700 e. The maximum atomic E-state index is 6.04. The Kier molecular flexibility index (Phi) is 7.25. The van der Waals surface area contributed by atoms with Gasteiger partial charge < -0.3 is 10.1 Å². The summed E-state index contributed by atoms with van der Waals surface area (Å²) < 4.78 is 6.04. The van der Waals surface area contributed by atoms with Crippen LogP contribution in [0.15, 0.2) is 0 Å². The Hall–Kier alpha value is -0.0800. The van der Waals surface area contributed by atoms with Crippen molar-refractivity contribution in [3.63, 3.8) is 0 Å². The Morgan fingerprint density at radius 2 is 1.69 bits per heavy atom. The molecule has 0 aliphatic rings. The van der Waals surface area contributed by atoms with Crippen LogP contribution in [-0.2, 0) is 4.74 Å². The van der Waals surface area contributed by atoms with Crippen LogP contribution in [0.3, 0.4) is 0 Å². The molecule has 16 heavy (non-hydrogen) atoms. The van der Waals surface area contributed by atoms with Gasteiger partial charge in [0.2, 0.25) is 0 Å². The molecule has 0 aliphatic heterocycles. The highest BCUT2D eigenvalue weighted by Crippen LogP contribution is 2.12. The molecule has 2 heteroatoms. The minimum atomic E-state index is 0.179. The quantitative estimate of drug-likeness (QED) is 0.720. The Morgan fingerprint density at radius 1 is 1.12 bits per heavy atom. The van der Waals surface area contributed by atoms with E-state index in [4.69, 9.17) is 4.74 Å². The van der Waals surface area contributed by atoms with E-state index in [0.717, 1.165) is 19.4 Å². The van der Waals surface area contributed by atoms with E-state index >= 15 is 0 Å². The fourth-order valence-corrected chi connectivity index (χ4v) is 1.76. The van der Waals surface area contributed by atoms with Gasteiger partial charge in [-0.2, -0.15) is 0 Å². The van der Waals surface area contributed by atoms with Gasteiger partial charge in [0.15, 0.2) is 0 Å². The highest BCUT2D eigenvalue weighted by atomic mass is 16.5. The van der Waals surface area contributed by atoms with Gasteiger partial charge in [-0.1, -0.05) is 20.8 Å². The summed E-state index contributed by atoms with van der Waals surface area (Å²) in [7, 11) is 0. The molecule has 0 aromatic heterocycles. The summed E-state index contributed by atoms with van der Waals surface area (Å²) in [5.41, 5.74) is 0.179. The van der Waals surface area contributed by atoms with Gasteiger partial charge >= 0.3 is 0 Å². The zero-order valence-electron chi connectivity index (χ0n) is 12.3. The zero-order chi connectivity index (χ0) is 12.8. The molecule has 1 N–H and O–H groups in total. The summed E-state index contributed by atoms with van der Waals surface area (Å²) >= 11 is 0. The Morgan fingerprint density at radius 3 is 2.06 bits per heavy atom. The van der Waals surface area contributed by atoms with Crippen LogP contribution in [0.1, 0.15) is 61.3 Å². The smallest absolute Gasteiger partial charge is 0.0700 e. The van der Waals surface area contributed by atoms with E-state index in [1.807, 2.05) is 0 Å². The molecule has 98 valence electrons. The van der Waals surface area contributed by atoms with Crippen molar-refractivity contribution in [3.8, 4) is 0 Å². The van der Waals surface area contributed by atoms with E-state index in [0.29, 0.717) is 18.1 Å². The van der Waals surface area contributed by atoms with E-state index in [9.17, 15) is 0 Å². The Balaban J connectivity index is 3.91. The van der Waals surface area contributed by atoms with Gasteiger partial charge in [-0.25, -0.2) is 0 Å². The molecule has 0 radical (unpaired) electrons. The first-order valence-electron chi connectivity index (χ1n) is 6.65. The highest BCUT2D eigenvalue weighted by Gasteiger charge is 2.16. The normalized spacial score (nSPS) is 16.5. The van der Waals surface area contributed by atoms with Crippen molar-refractivity contribution in [3.05, 3.63) is 0 Å². The Labute approximate surface area is 102 Å². The Bertz CT molecular complexity index is 172. The topological polar surface area (TPSA) is 21.3 Å². The summed E-state index contributed by atoms with van der Waals surface area (Å²) in [6.07, 6.45) is 2.93. The molecule has 0 aromatic rings. The average Bonchev–Trinajstić information content (AvgIpc) is 2.09. The number of hydrogen-bond acceptors (Lipinski definition) is 2. The fourth-order valence-electron chi connectivity index (χ4n) is 1.76. The highest BCUT2D eigenvalue weighted by molar-refractivity contribution is 4.73. The van der Waals surface area contributed by atoms with Crippen LogP contribution in [0.25, 0.3) is 0 Å². The van der Waals surface area contributed by atoms with Gasteiger partial charge in [-0.15, -0.1) is 0 Å². The van der Waals surface area contributed by atoms with Crippen molar-refractivity contribution in [1.82, 2.24) is 5.32 Å². The van der Waals surface area contributed by atoms with Crippen LogP contribution in [0.5, 0.6) is 0 Å². The van der Waals surface area contributed by atoms with Gasteiger partial charge in [-0.3, -0.25) is 0 Å². The lowest BCUT2D eigenvalue weighted by molar-refractivity contribution is -0.0151. The molecule has 0 fully saturated rings. The summed E-state index contributed by atoms with van der Waals surface area (Å²) in [6, 6.07) is 0. The van der Waals surface area contributed by atoms with Gasteiger partial charge in [0.25, 0.3) is 0 Å². The lowest BCUT2D eigenvalue weighted by Gasteiger charge is -2.27. The second-order valence-corrected chi connectivity index (χ2v) is 6.24. The summed E-state index contributed by atoms with van der Waals surface area (Å²) in [5.74, 6) is 0.711. The van der Waals surface area contributed by atoms with Crippen LogP contribution >= 0.6 is 0 Å². The monoisotopic (exact) mass is 229 g/mol. The molecule has 0 saturated carbocycles. The SMILES string of the molecule is CCC(CNC(C)(C)C)OC(C)CC(C)C. The molecule has 0 aromatic carbocycles. The molecule has 2 unspecified atom stereocenters. The zero-order valence-corrected chi connectivity index (χ0v) is 12.3. The number of rotatable bonds is 7. The van der Waals surface area contributed by atoms with Crippen LogP contribution in [-0.4, -0.2) is 24.3 Å². The number of nitrogens with one attached hydrogen (secondary N) is 1. The molecule has 0 heterocycles. The van der Waals surface area contributed by atoms with Gasteiger partial charge in [-0.05, 0) is 46.5 Å². The molecular formula is C14H31NO. The van der Waals surface area contributed by atoms with E-state index in [1.54, 1.807) is 0 Å². The third kappa shape index (κ3) is 9.17. The van der Waals surface area contributed by atoms with Gasteiger partial charge in [0.05, 0.1) is 12.2 Å². The number of hydrogen-bond donors (Lipinski definition) is 1. The largest absolute Gasteiger partial charge is 0.374 e. The van der Waals surface area contributed by atoms with Crippen molar-refractivity contribution >= 4 is 0 Å². The molecule has 2 nitrogen and oxygen atoms in total. The van der Waals surface area contributed by atoms with Crippen molar-refractivity contribution in [2.24, 2.45) is 5.92 Å². The van der Waals surface area contributed by atoms with Crippen molar-refractivity contribution in [1.29, 1.82) is 0 Å². The summed E-state index contributed by atoms with van der Waals surface area (Å²) in [4.78, 5) is 0. The fraction of sp³-hybridized carbons (Fsp3) is 1.00. The van der Waals surface area contributed by atoms with E-state index in [-0.39, 0.29) is 5.54 Å². The van der Waals surface area contributed by atoms with Gasteiger partial charge in [0.1, 0.15) is 0 Å². The molecule has 2 atom stereocenters. The number of ether oxygens (including phenoxy) is 1. The van der Waals surface area contributed by atoms with Crippen LogP contribution in [0.4, 0.5) is 0 Å². The van der Waals surface area contributed by atoms with Crippen molar-refractivity contribution in [2.45, 2.75) is 79.1 Å². The third-order valence-electron chi connectivity index (χ3n) is 2.54. The average molecular weight is 229 g/mol. The predicted octanol–water partition coefficient (Wildman–Crippen LogP) is 3.60. The first kappa shape index (κ1) is 15.9. The van der Waals surface area contributed by atoms with Crippen LogP contribution < -0.4 is 5.32 Å².